The molecule has 2 heteroatoms. The van der Waals surface area contributed by atoms with Crippen molar-refractivity contribution in [2.45, 2.75) is 19.3 Å². The molecule has 1 aliphatic heterocycles. The van der Waals surface area contributed by atoms with Crippen LogP contribution in [0.25, 0.3) is 0 Å². The predicted octanol–water partition coefficient (Wildman–Crippen LogP) is 2.79. The van der Waals surface area contributed by atoms with Crippen molar-refractivity contribution < 1.29 is 0 Å². The Balaban J connectivity index is 2.20. The maximum absolute atomic E-state index is 5.86. The molecule has 1 aromatic rings. The van der Waals surface area contributed by atoms with E-state index in [-0.39, 0.29) is 0 Å². The van der Waals surface area contributed by atoms with Crippen LogP contribution in [0.2, 0.25) is 0 Å². The molecule has 0 aromatic heterocycles. The van der Waals surface area contributed by atoms with E-state index < -0.39 is 0 Å². The zero-order valence-electron chi connectivity index (χ0n) is 9.28. The lowest BCUT2D eigenvalue weighted by atomic mass is 9.84. The third-order valence-corrected chi connectivity index (χ3v) is 4.44. The first-order valence-corrected chi connectivity index (χ1v) is 6.81. The van der Waals surface area contributed by atoms with E-state index in [1.165, 1.54) is 29.1 Å². The van der Waals surface area contributed by atoms with Crippen molar-refractivity contribution >= 4 is 11.8 Å². The maximum Gasteiger partial charge on any atom is -0.00212 e. The molecule has 0 aliphatic carbocycles. The summed E-state index contributed by atoms with van der Waals surface area (Å²) in [4.78, 5) is 0. The van der Waals surface area contributed by atoms with Gasteiger partial charge in [-0.25, -0.2) is 0 Å². The van der Waals surface area contributed by atoms with Gasteiger partial charge in [-0.1, -0.05) is 29.8 Å². The summed E-state index contributed by atoms with van der Waals surface area (Å²) in [6, 6.07) is 8.91. The van der Waals surface area contributed by atoms with E-state index in [9.17, 15) is 0 Å². The van der Waals surface area contributed by atoms with Gasteiger partial charge in [-0.3, -0.25) is 0 Å². The Morgan fingerprint density at radius 3 is 3.07 bits per heavy atom. The second kappa shape index (κ2) is 5.04. The summed E-state index contributed by atoms with van der Waals surface area (Å²) >= 11 is 2.05. The second-order valence-electron chi connectivity index (χ2n) is 4.38. The lowest BCUT2D eigenvalue weighted by Gasteiger charge is -2.30. The van der Waals surface area contributed by atoms with Gasteiger partial charge in [0.1, 0.15) is 0 Å². The van der Waals surface area contributed by atoms with Crippen LogP contribution in [0.15, 0.2) is 24.3 Å². The molecule has 15 heavy (non-hydrogen) atoms. The van der Waals surface area contributed by atoms with Gasteiger partial charge in [0.25, 0.3) is 0 Å². The maximum atomic E-state index is 5.86. The average molecular weight is 221 g/mol. The zero-order chi connectivity index (χ0) is 10.7. The summed E-state index contributed by atoms with van der Waals surface area (Å²) < 4.78 is 0. The van der Waals surface area contributed by atoms with Crippen LogP contribution in [0, 0.1) is 12.8 Å². The second-order valence-corrected chi connectivity index (χ2v) is 5.53. The molecule has 1 aromatic carbocycles. The van der Waals surface area contributed by atoms with Crippen LogP contribution in [-0.4, -0.2) is 18.1 Å². The Morgan fingerprint density at radius 1 is 1.47 bits per heavy atom. The molecule has 1 heterocycles. The Morgan fingerprint density at radius 2 is 2.33 bits per heavy atom. The molecule has 1 fully saturated rings. The lowest BCUT2D eigenvalue weighted by Crippen LogP contribution is -2.28. The van der Waals surface area contributed by atoms with Crippen LogP contribution in [0.5, 0.6) is 0 Å². The van der Waals surface area contributed by atoms with Crippen molar-refractivity contribution in [1.29, 1.82) is 0 Å². The van der Waals surface area contributed by atoms with Crippen molar-refractivity contribution in [1.82, 2.24) is 0 Å². The fraction of sp³-hybridized carbons (Fsp3) is 0.538. The van der Waals surface area contributed by atoms with Crippen LogP contribution < -0.4 is 5.73 Å². The molecule has 2 unspecified atom stereocenters. The molecule has 2 rings (SSSR count). The molecule has 0 amide bonds. The summed E-state index contributed by atoms with van der Waals surface area (Å²) in [6.45, 7) is 2.99. The summed E-state index contributed by atoms with van der Waals surface area (Å²) in [5, 5.41) is 0. The Bertz CT molecular complexity index is 324. The topological polar surface area (TPSA) is 26.0 Å². The molecule has 0 bridgehead atoms. The highest BCUT2D eigenvalue weighted by molar-refractivity contribution is 7.99. The van der Waals surface area contributed by atoms with Gasteiger partial charge in [-0.15, -0.1) is 0 Å². The van der Waals surface area contributed by atoms with Crippen LogP contribution in [0.3, 0.4) is 0 Å². The highest BCUT2D eigenvalue weighted by Crippen LogP contribution is 2.35. The minimum absolute atomic E-state index is 0.672. The highest BCUT2D eigenvalue weighted by atomic mass is 32.2. The molecular weight excluding hydrogens is 202 g/mol. The Kier molecular flexibility index (Phi) is 3.71. The zero-order valence-corrected chi connectivity index (χ0v) is 10.1. The Hall–Kier alpha value is -0.470. The summed E-state index contributed by atoms with van der Waals surface area (Å²) in [5.41, 5.74) is 8.71. The molecule has 0 spiro atoms. The van der Waals surface area contributed by atoms with E-state index in [0.717, 1.165) is 6.54 Å². The molecule has 2 atom stereocenters. The summed E-state index contributed by atoms with van der Waals surface area (Å²) in [5.74, 6) is 3.88. The van der Waals surface area contributed by atoms with E-state index in [1.807, 2.05) is 0 Å². The Labute approximate surface area is 96.4 Å². The molecule has 2 N–H and O–H groups in total. The number of benzene rings is 1. The van der Waals surface area contributed by atoms with E-state index in [2.05, 4.69) is 43.0 Å². The van der Waals surface area contributed by atoms with Gasteiger partial charge in [-0.2, -0.15) is 11.8 Å². The van der Waals surface area contributed by atoms with Crippen molar-refractivity contribution in [2.24, 2.45) is 11.7 Å². The SMILES string of the molecule is Cc1cccc(C2CCSCC2CN)c1. The molecule has 1 nitrogen and oxygen atoms in total. The van der Waals surface area contributed by atoms with Crippen LogP contribution in [-0.2, 0) is 0 Å². The smallest absolute Gasteiger partial charge is 0.00212 e. The number of nitrogens with two attached hydrogens (primary N) is 1. The van der Waals surface area contributed by atoms with Gasteiger partial charge in [0.05, 0.1) is 0 Å². The van der Waals surface area contributed by atoms with Crippen molar-refractivity contribution in [3.05, 3.63) is 35.4 Å². The van der Waals surface area contributed by atoms with Gasteiger partial charge in [0.2, 0.25) is 0 Å². The third kappa shape index (κ3) is 2.56. The normalized spacial score (nSPS) is 26.5. The standard InChI is InChI=1S/C13H19NS/c1-10-3-2-4-11(7-10)13-5-6-15-9-12(13)8-14/h2-4,7,12-13H,5-6,8-9,14H2,1H3. The fourth-order valence-electron chi connectivity index (χ4n) is 2.37. The van der Waals surface area contributed by atoms with Gasteiger partial charge in [0.15, 0.2) is 0 Å². The number of rotatable bonds is 2. The van der Waals surface area contributed by atoms with Crippen molar-refractivity contribution in [3.8, 4) is 0 Å². The van der Waals surface area contributed by atoms with E-state index in [4.69, 9.17) is 5.73 Å². The molecule has 0 saturated carbocycles. The number of aryl methyl sites for hydroxylation is 1. The predicted molar refractivity (Wildman–Crippen MR) is 68.4 cm³/mol. The average Bonchev–Trinajstić information content (AvgIpc) is 2.29. The quantitative estimate of drug-likeness (QED) is 0.831. The van der Waals surface area contributed by atoms with E-state index >= 15 is 0 Å². The fourth-order valence-corrected chi connectivity index (χ4v) is 3.63. The van der Waals surface area contributed by atoms with Crippen LogP contribution >= 0.6 is 11.8 Å². The number of hydrogen-bond acceptors (Lipinski definition) is 2. The first kappa shape index (κ1) is 11.0. The third-order valence-electron chi connectivity index (χ3n) is 3.25. The van der Waals surface area contributed by atoms with Gasteiger partial charge in [0, 0.05) is 0 Å². The minimum Gasteiger partial charge on any atom is -0.330 e. The van der Waals surface area contributed by atoms with Crippen LogP contribution in [0.4, 0.5) is 0 Å². The number of hydrogen-bond donors (Lipinski definition) is 1. The summed E-state index contributed by atoms with van der Waals surface area (Å²) in [7, 11) is 0. The van der Waals surface area contributed by atoms with Gasteiger partial charge in [-0.05, 0) is 48.8 Å². The summed E-state index contributed by atoms with van der Waals surface area (Å²) in [6.07, 6.45) is 1.29. The van der Waals surface area contributed by atoms with Gasteiger partial charge < -0.3 is 5.73 Å². The molecule has 1 saturated heterocycles. The van der Waals surface area contributed by atoms with Crippen LogP contribution in [0.1, 0.15) is 23.5 Å². The lowest BCUT2D eigenvalue weighted by molar-refractivity contribution is 0.455. The van der Waals surface area contributed by atoms with Gasteiger partial charge >= 0.3 is 0 Å². The molecule has 82 valence electrons. The van der Waals surface area contributed by atoms with E-state index in [0.29, 0.717) is 11.8 Å². The number of thioether (sulfide) groups is 1. The minimum atomic E-state index is 0.672. The first-order chi connectivity index (χ1) is 7.31. The largest absolute Gasteiger partial charge is 0.330 e. The van der Waals surface area contributed by atoms with E-state index in [1.54, 1.807) is 0 Å². The monoisotopic (exact) mass is 221 g/mol. The van der Waals surface area contributed by atoms with Crippen molar-refractivity contribution in [2.75, 3.05) is 18.1 Å². The molecule has 0 radical (unpaired) electrons. The van der Waals surface area contributed by atoms with Crippen molar-refractivity contribution in [3.63, 3.8) is 0 Å². The first-order valence-electron chi connectivity index (χ1n) is 5.65. The molecule has 1 aliphatic rings. The highest BCUT2D eigenvalue weighted by Gasteiger charge is 2.25. The molecular formula is C13H19NS.